The molecule has 2 aromatic rings. The molecule has 4 rings (SSSR count). The van der Waals surface area contributed by atoms with Gasteiger partial charge < -0.3 is 15.4 Å². The van der Waals surface area contributed by atoms with Gasteiger partial charge in [-0.2, -0.15) is 0 Å². The Bertz CT molecular complexity index is 747. The third-order valence-corrected chi connectivity index (χ3v) is 5.39. The van der Waals surface area contributed by atoms with E-state index in [1.807, 2.05) is 24.7 Å². The van der Waals surface area contributed by atoms with Gasteiger partial charge in [0.1, 0.15) is 10.6 Å². The van der Waals surface area contributed by atoms with Crippen molar-refractivity contribution in [3.05, 3.63) is 29.7 Å². The Balaban J connectivity index is 1.57. The van der Waals surface area contributed by atoms with Gasteiger partial charge in [0, 0.05) is 25.5 Å². The van der Waals surface area contributed by atoms with Crippen molar-refractivity contribution in [2.24, 2.45) is 0 Å². The maximum absolute atomic E-state index is 6.20. The van der Waals surface area contributed by atoms with Gasteiger partial charge in [0.15, 0.2) is 0 Å². The number of aromatic nitrogens is 4. The lowest BCUT2D eigenvalue weighted by Crippen LogP contribution is -2.47. The fourth-order valence-corrected chi connectivity index (χ4v) is 3.84. The molecule has 1 spiro atoms. The van der Waals surface area contributed by atoms with Gasteiger partial charge in [-0.1, -0.05) is 0 Å². The molecular formula is C16H20N6OS. The van der Waals surface area contributed by atoms with Crippen LogP contribution in [0.4, 0.5) is 11.9 Å². The molecular weight excluding hydrogens is 324 g/mol. The first kappa shape index (κ1) is 15.6. The molecule has 126 valence electrons. The molecule has 4 heterocycles. The van der Waals surface area contributed by atoms with Gasteiger partial charge in [0.25, 0.3) is 0 Å². The Morgan fingerprint density at radius 1 is 1.25 bits per heavy atom. The van der Waals surface area contributed by atoms with Crippen LogP contribution in [0.1, 0.15) is 24.1 Å². The minimum absolute atomic E-state index is 0.317. The van der Waals surface area contributed by atoms with E-state index in [0.717, 1.165) is 54.6 Å². The topological polar surface area (TPSA) is 90.0 Å². The number of nitrogens with zero attached hydrogens (tertiary/aromatic N) is 5. The van der Waals surface area contributed by atoms with Crippen molar-refractivity contribution in [2.75, 3.05) is 36.6 Å². The smallest absolute Gasteiger partial charge is 0.226 e. The normalized spacial score (nSPS) is 19.3. The van der Waals surface area contributed by atoms with Gasteiger partial charge in [-0.25, -0.2) is 19.9 Å². The average molecular weight is 344 g/mol. The molecule has 1 fully saturated rings. The summed E-state index contributed by atoms with van der Waals surface area (Å²) in [4.78, 5) is 19.9. The number of nitrogens with two attached hydrogens (primary N) is 1. The summed E-state index contributed by atoms with van der Waals surface area (Å²) in [7, 11) is 0. The van der Waals surface area contributed by atoms with Crippen molar-refractivity contribution in [2.45, 2.75) is 29.9 Å². The van der Waals surface area contributed by atoms with Gasteiger partial charge in [-0.05, 0) is 37.1 Å². The molecule has 7 nitrogen and oxygen atoms in total. The Hall–Kier alpha value is -1.93. The Morgan fingerprint density at radius 2 is 2.08 bits per heavy atom. The zero-order chi connectivity index (χ0) is 16.6. The van der Waals surface area contributed by atoms with Crippen molar-refractivity contribution in [1.82, 2.24) is 19.9 Å². The number of piperidine rings is 1. The highest BCUT2D eigenvalue weighted by molar-refractivity contribution is 7.98. The second-order valence-electron chi connectivity index (χ2n) is 6.08. The van der Waals surface area contributed by atoms with E-state index in [2.05, 4.69) is 24.8 Å². The minimum Gasteiger partial charge on any atom is -0.368 e. The summed E-state index contributed by atoms with van der Waals surface area (Å²) in [5.41, 5.74) is 7.59. The minimum atomic E-state index is -0.349. The van der Waals surface area contributed by atoms with E-state index in [0.29, 0.717) is 12.6 Å². The molecule has 8 heteroatoms. The fourth-order valence-electron chi connectivity index (χ4n) is 3.47. The van der Waals surface area contributed by atoms with Crippen LogP contribution in [-0.2, 0) is 16.8 Å². The summed E-state index contributed by atoms with van der Waals surface area (Å²) in [5, 5.41) is 0.986. The van der Waals surface area contributed by atoms with Crippen molar-refractivity contribution in [1.29, 1.82) is 0 Å². The van der Waals surface area contributed by atoms with Crippen LogP contribution in [0.2, 0.25) is 0 Å². The summed E-state index contributed by atoms with van der Waals surface area (Å²) in [5.74, 6) is 1.10. The van der Waals surface area contributed by atoms with E-state index in [9.17, 15) is 0 Å². The first-order valence-electron chi connectivity index (χ1n) is 8.08. The van der Waals surface area contributed by atoms with Gasteiger partial charge in [0.05, 0.1) is 12.3 Å². The number of rotatable bonds is 2. The zero-order valence-corrected chi connectivity index (χ0v) is 14.4. The van der Waals surface area contributed by atoms with Crippen LogP contribution in [0.15, 0.2) is 23.5 Å². The standard InChI is InChI=1S/C16H20N6OS/c1-24-12-2-6-18-15(20-12)22-7-4-16(5-8-22)13-11(3-9-23-16)10-19-14(17)21-13/h2,6,10H,3-5,7-9H2,1H3,(H2,17,19,21). The van der Waals surface area contributed by atoms with Crippen LogP contribution in [0, 0.1) is 0 Å². The van der Waals surface area contributed by atoms with Crippen molar-refractivity contribution in [3.63, 3.8) is 0 Å². The third-order valence-electron chi connectivity index (χ3n) is 4.74. The number of anilines is 2. The van der Waals surface area contributed by atoms with Gasteiger partial charge in [-0.3, -0.25) is 0 Å². The predicted molar refractivity (Wildman–Crippen MR) is 93.0 cm³/mol. The largest absolute Gasteiger partial charge is 0.368 e. The predicted octanol–water partition coefficient (Wildman–Crippen LogP) is 1.64. The molecule has 2 aliphatic heterocycles. The molecule has 0 saturated carbocycles. The quantitative estimate of drug-likeness (QED) is 0.649. The number of thioether (sulfide) groups is 1. The molecule has 0 aromatic carbocycles. The highest BCUT2D eigenvalue weighted by atomic mass is 32.2. The monoisotopic (exact) mass is 344 g/mol. The molecule has 0 atom stereocenters. The lowest BCUT2D eigenvalue weighted by molar-refractivity contribution is -0.0802. The molecule has 2 N–H and O–H groups in total. The summed E-state index contributed by atoms with van der Waals surface area (Å²) >= 11 is 1.63. The second-order valence-corrected chi connectivity index (χ2v) is 6.91. The van der Waals surface area contributed by atoms with Crippen LogP contribution in [-0.4, -0.2) is 45.9 Å². The van der Waals surface area contributed by atoms with E-state index in [1.54, 1.807) is 11.8 Å². The van der Waals surface area contributed by atoms with Crippen molar-refractivity contribution in [3.8, 4) is 0 Å². The first-order valence-corrected chi connectivity index (χ1v) is 9.30. The Labute approximate surface area is 145 Å². The van der Waals surface area contributed by atoms with Gasteiger partial charge >= 0.3 is 0 Å². The highest BCUT2D eigenvalue weighted by Gasteiger charge is 2.43. The molecule has 0 radical (unpaired) electrons. The van der Waals surface area contributed by atoms with Crippen LogP contribution >= 0.6 is 11.8 Å². The number of nitrogen functional groups attached to an aromatic ring is 1. The van der Waals surface area contributed by atoms with Crippen molar-refractivity contribution >= 4 is 23.7 Å². The summed E-state index contributed by atoms with van der Waals surface area (Å²) in [6.07, 6.45) is 8.24. The van der Waals surface area contributed by atoms with Crippen LogP contribution in [0.25, 0.3) is 0 Å². The van der Waals surface area contributed by atoms with E-state index in [1.165, 1.54) is 0 Å². The molecule has 0 aliphatic carbocycles. The SMILES string of the molecule is CSc1ccnc(N2CCC3(CC2)OCCc2cnc(N)nc23)n1. The summed E-state index contributed by atoms with van der Waals surface area (Å²) < 4.78 is 6.20. The van der Waals surface area contributed by atoms with Crippen LogP contribution in [0.3, 0.4) is 0 Å². The van der Waals surface area contributed by atoms with E-state index < -0.39 is 0 Å². The van der Waals surface area contributed by atoms with Crippen molar-refractivity contribution < 1.29 is 4.74 Å². The van der Waals surface area contributed by atoms with E-state index in [4.69, 9.17) is 10.5 Å². The summed E-state index contributed by atoms with van der Waals surface area (Å²) in [6, 6.07) is 1.93. The van der Waals surface area contributed by atoms with E-state index in [-0.39, 0.29) is 5.60 Å². The fraction of sp³-hybridized carbons (Fsp3) is 0.500. The lowest BCUT2D eigenvalue weighted by Gasteiger charge is -2.44. The van der Waals surface area contributed by atoms with Gasteiger partial charge in [0.2, 0.25) is 11.9 Å². The second kappa shape index (κ2) is 6.18. The number of ether oxygens (including phenoxy) is 1. The van der Waals surface area contributed by atoms with Gasteiger partial charge in [-0.15, -0.1) is 11.8 Å². The van der Waals surface area contributed by atoms with Crippen LogP contribution in [0.5, 0.6) is 0 Å². The van der Waals surface area contributed by atoms with Crippen LogP contribution < -0.4 is 10.6 Å². The Morgan fingerprint density at radius 3 is 2.88 bits per heavy atom. The summed E-state index contributed by atoms with van der Waals surface area (Å²) in [6.45, 7) is 2.38. The molecule has 24 heavy (non-hydrogen) atoms. The Kier molecular flexibility index (Phi) is 4.01. The molecule has 0 unspecified atom stereocenters. The third kappa shape index (κ3) is 2.69. The number of hydrogen-bond donors (Lipinski definition) is 1. The average Bonchev–Trinajstić information content (AvgIpc) is 2.63. The number of fused-ring (bicyclic) bond motifs is 2. The maximum Gasteiger partial charge on any atom is 0.226 e. The molecule has 0 bridgehead atoms. The highest BCUT2D eigenvalue weighted by Crippen LogP contribution is 2.40. The molecule has 0 amide bonds. The first-order chi connectivity index (χ1) is 11.7. The lowest BCUT2D eigenvalue weighted by atomic mass is 9.83. The molecule has 1 saturated heterocycles. The molecule has 2 aromatic heterocycles. The number of hydrogen-bond acceptors (Lipinski definition) is 8. The van der Waals surface area contributed by atoms with E-state index >= 15 is 0 Å². The molecule has 2 aliphatic rings. The zero-order valence-electron chi connectivity index (χ0n) is 13.6. The maximum atomic E-state index is 6.20.